The maximum Gasteiger partial charge on any atom is 0.225 e. The molecule has 0 radical (unpaired) electrons. The predicted molar refractivity (Wildman–Crippen MR) is 102 cm³/mol. The summed E-state index contributed by atoms with van der Waals surface area (Å²) in [6.07, 6.45) is 2.04. The lowest BCUT2D eigenvalue weighted by atomic mass is 10.0. The van der Waals surface area contributed by atoms with Crippen LogP contribution in [0.5, 0.6) is 0 Å². The van der Waals surface area contributed by atoms with Crippen molar-refractivity contribution in [1.82, 2.24) is 10.2 Å². The SMILES string of the molecule is CC(=O)NC(CC(=O)N(Cc1ccccc1F)C1CC1)c1ccc(C)cc1. The van der Waals surface area contributed by atoms with Crippen molar-refractivity contribution in [3.8, 4) is 0 Å². The quantitative estimate of drug-likeness (QED) is 0.806. The van der Waals surface area contributed by atoms with Gasteiger partial charge < -0.3 is 10.2 Å². The highest BCUT2D eigenvalue weighted by molar-refractivity contribution is 5.79. The van der Waals surface area contributed by atoms with E-state index in [9.17, 15) is 14.0 Å². The number of rotatable bonds is 7. The normalized spacial score (nSPS) is 14.5. The molecule has 27 heavy (non-hydrogen) atoms. The Morgan fingerprint density at radius 3 is 2.41 bits per heavy atom. The highest BCUT2D eigenvalue weighted by Gasteiger charge is 2.34. The van der Waals surface area contributed by atoms with Crippen LogP contribution in [0.4, 0.5) is 4.39 Å². The third kappa shape index (κ3) is 5.16. The Hall–Kier alpha value is -2.69. The van der Waals surface area contributed by atoms with E-state index >= 15 is 0 Å². The van der Waals surface area contributed by atoms with Crippen LogP contribution in [0.2, 0.25) is 0 Å². The van der Waals surface area contributed by atoms with Gasteiger partial charge in [-0.2, -0.15) is 0 Å². The summed E-state index contributed by atoms with van der Waals surface area (Å²) < 4.78 is 14.0. The Bertz CT molecular complexity index is 815. The Morgan fingerprint density at radius 1 is 1.15 bits per heavy atom. The average Bonchev–Trinajstić information content (AvgIpc) is 3.45. The van der Waals surface area contributed by atoms with Crippen molar-refractivity contribution in [2.24, 2.45) is 0 Å². The fourth-order valence-electron chi connectivity index (χ4n) is 3.21. The van der Waals surface area contributed by atoms with Crippen LogP contribution in [-0.2, 0) is 16.1 Å². The van der Waals surface area contributed by atoms with Crippen molar-refractivity contribution in [3.63, 3.8) is 0 Å². The molecule has 2 aromatic rings. The van der Waals surface area contributed by atoms with Crippen LogP contribution >= 0.6 is 0 Å². The topological polar surface area (TPSA) is 49.4 Å². The zero-order valence-corrected chi connectivity index (χ0v) is 15.7. The van der Waals surface area contributed by atoms with E-state index in [4.69, 9.17) is 0 Å². The number of halogens is 1. The van der Waals surface area contributed by atoms with Crippen molar-refractivity contribution in [2.45, 2.75) is 51.7 Å². The standard InChI is InChI=1S/C22H25FN2O2/c1-15-7-9-17(10-8-15)21(24-16(2)26)13-22(27)25(19-11-12-19)14-18-5-3-4-6-20(18)23/h3-10,19,21H,11-14H2,1-2H3,(H,24,26). The molecule has 1 unspecified atom stereocenters. The number of hydrogen-bond acceptors (Lipinski definition) is 2. The van der Waals surface area contributed by atoms with Gasteiger partial charge in [-0.25, -0.2) is 4.39 Å². The second-order valence-electron chi connectivity index (χ2n) is 7.21. The number of benzene rings is 2. The summed E-state index contributed by atoms with van der Waals surface area (Å²) in [6, 6.07) is 14.1. The lowest BCUT2D eigenvalue weighted by Crippen LogP contribution is -2.37. The van der Waals surface area contributed by atoms with Crippen LogP contribution in [0.1, 0.15) is 48.9 Å². The van der Waals surface area contributed by atoms with Crippen molar-refractivity contribution in [1.29, 1.82) is 0 Å². The van der Waals surface area contributed by atoms with Crippen LogP contribution in [0, 0.1) is 12.7 Å². The molecular formula is C22H25FN2O2. The van der Waals surface area contributed by atoms with Gasteiger partial charge in [0.1, 0.15) is 5.82 Å². The Balaban J connectivity index is 1.76. The van der Waals surface area contributed by atoms with Crippen molar-refractivity contribution in [3.05, 3.63) is 71.0 Å². The molecule has 1 atom stereocenters. The number of aryl methyl sites for hydroxylation is 1. The van der Waals surface area contributed by atoms with Crippen LogP contribution in [0.3, 0.4) is 0 Å². The van der Waals surface area contributed by atoms with Gasteiger partial charge in [-0.3, -0.25) is 9.59 Å². The molecule has 5 heteroatoms. The first-order valence-corrected chi connectivity index (χ1v) is 9.30. The zero-order valence-electron chi connectivity index (χ0n) is 15.7. The van der Waals surface area contributed by atoms with E-state index in [1.54, 1.807) is 23.1 Å². The largest absolute Gasteiger partial charge is 0.349 e. The van der Waals surface area contributed by atoms with E-state index in [1.807, 2.05) is 31.2 Å². The number of carbonyl (C=O) groups excluding carboxylic acids is 2. The number of nitrogens with one attached hydrogen (secondary N) is 1. The molecule has 1 fully saturated rings. The lowest BCUT2D eigenvalue weighted by Gasteiger charge is -2.26. The first kappa shape index (κ1) is 19.1. The predicted octanol–water partition coefficient (Wildman–Crippen LogP) is 3.89. The van der Waals surface area contributed by atoms with Crippen LogP contribution in [0.25, 0.3) is 0 Å². The Labute approximate surface area is 159 Å². The molecule has 1 N–H and O–H groups in total. The summed E-state index contributed by atoms with van der Waals surface area (Å²) in [7, 11) is 0. The monoisotopic (exact) mass is 368 g/mol. The number of nitrogens with zero attached hydrogens (tertiary/aromatic N) is 1. The summed E-state index contributed by atoms with van der Waals surface area (Å²) in [4.78, 5) is 26.4. The fourth-order valence-corrected chi connectivity index (χ4v) is 3.21. The van der Waals surface area contributed by atoms with Crippen LogP contribution in [-0.4, -0.2) is 22.8 Å². The van der Waals surface area contributed by atoms with E-state index < -0.39 is 6.04 Å². The third-order valence-corrected chi connectivity index (χ3v) is 4.84. The van der Waals surface area contributed by atoms with E-state index in [2.05, 4.69) is 5.32 Å². The number of amides is 2. The summed E-state index contributed by atoms with van der Waals surface area (Å²) in [5.41, 5.74) is 2.53. The molecule has 1 saturated carbocycles. The molecule has 1 aliphatic rings. The van der Waals surface area contributed by atoms with Crippen molar-refractivity contribution in [2.75, 3.05) is 0 Å². The first-order valence-electron chi connectivity index (χ1n) is 9.30. The van der Waals surface area contributed by atoms with Gasteiger partial charge in [0, 0.05) is 25.1 Å². The van der Waals surface area contributed by atoms with E-state index in [0.29, 0.717) is 5.56 Å². The molecule has 2 aromatic carbocycles. The maximum atomic E-state index is 14.0. The minimum atomic E-state index is -0.391. The zero-order chi connectivity index (χ0) is 19.4. The Morgan fingerprint density at radius 2 is 1.81 bits per heavy atom. The molecule has 0 spiro atoms. The summed E-state index contributed by atoms with van der Waals surface area (Å²) in [6.45, 7) is 3.70. The maximum absolute atomic E-state index is 14.0. The fraction of sp³-hybridized carbons (Fsp3) is 0.364. The molecule has 2 amide bonds. The molecule has 4 nitrogen and oxygen atoms in total. The highest BCUT2D eigenvalue weighted by Crippen LogP contribution is 2.31. The molecule has 3 rings (SSSR count). The van der Waals surface area contributed by atoms with Crippen molar-refractivity contribution >= 4 is 11.8 Å². The van der Waals surface area contributed by atoms with Gasteiger partial charge in [-0.1, -0.05) is 48.0 Å². The minimum Gasteiger partial charge on any atom is -0.349 e. The van der Waals surface area contributed by atoms with Gasteiger partial charge in [-0.15, -0.1) is 0 Å². The molecule has 0 aliphatic heterocycles. The second kappa shape index (κ2) is 8.33. The van der Waals surface area contributed by atoms with E-state index in [0.717, 1.165) is 24.0 Å². The smallest absolute Gasteiger partial charge is 0.225 e. The lowest BCUT2D eigenvalue weighted by molar-refractivity contribution is -0.133. The molecule has 142 valence electrons. The molecule has 0 saturated heterocycles. The van der Waals surface area contributed by atoms with Gasteiger partial charge >= 0.3 is 0 Å². The summed E-state index contributed by atoms with van der Waals surface area (Å²) in [5, 5.41) is 2.88. The van der Waals surface area contributed by atoms with Crippen LogP contribution in [0.15, 0.2) is 48.5 Å². The van der Waals surface area contributed by atoms with Gasteiger partial charge in [0.2, 0.25) is 11.8 Å². The molecule has 1 aliphatic carbocycles. The number of hydrogen-bond donors (Lipinski definition) is 1. The molecular weight excluding hydrogens is 343 g/mol. The second-order valence-corrected chi connectivity index (χ2v) is 7.21. The molecule has 0 aromatic heterocycles. The highest BCUT2D eigenvalue weighted by atomic mass is 19.1. The molecule has 0 heterocycles. The summed E-state index contributed by atoms with van der Waals surface area (Å²) in [5.74, 6) is -0.548. The first-order chi connectivity index (χ1) is 12.9. The van der Waals surface area contributed by atoms with Crippen molar-refractivity contribution < 1.29 is 14.0 Å². The van der Waals surface area contributed by atoms with Gasteiger partial charge in [0.25, 0.3) is 0 Å². The minimum absolute atomic E-state index is 0.0694. The van der Waals surface area contributed by atoms with E-state index in [-0.39, 0.29) is 36.6 Å². The van der Waals surface area contributed by atoms with Gasteiger partial charge in [0.15, 0.2) is 0 Å². The van der Waals surface area contributed by atoms with Gasteiger partial charge in [0.05, 0.1) is 12.5 Å². The number of carbonyl (C=O) groups is 2. The molecule has 0 bridgehead atoms. The average molecular weight is 368 g/mol. The van der Waals surface area contributed by atoms with Gasteiger partial charge in [-0.05, 0) is 31.4 Å². The van der Waals surface area contributed by atoms with Crippen LogP contribution < -0.4 is 5.32 Å². The third-order valence-electron chi connectivity index (χ3n) is 4.84. The van der Waals surface area contributed by atoms with E-state index in [1.165, 1.54) is 13.0 Å². The Kier molecular flexibility index (Phi) is 5.89. The summed E-state index contributed by atoms with van der Waals surface area (Å²) >= 11 is 0.